The van der Waals surface area contributed by atoms with Crippen molar-refractivity contribution < 1.29 is 14.6 Å². The second-order valence-corrected chi connectivity index (χ2v) is 5.69. The van der Waals surface area contributed by atoms with E-state index in [2.05, 4.69) is 20.8 Å². The van der Waals surface area contributed by atoms with Crippen LogP contribution in [0.15, 0.2) is 22.7 Å². The number of benzene rings is 1. The maximum absolute atomic E-state index is 9.59. The third-order valence-corrected chi connectivity index (χ3v) is 4.25. The minimum Gasteiger partial charge on any atom is -0.389 e. The molecule has 0 aromatic heterocycles. The Bertz CT molecular complexity index is 427. The average Bonchev–Trinajstić information content (AvgIpc) is 2.81. The molecule has 1 aliphatic heterocycles. The molecule has 1 fully saturated rings. The summed E-state index contributed by atoms with van der Waals surface area (Å²) in [4.78, 5) is 2.23. The van der Waals surface area contributed by atoms with Gasteiger partial charge in [0.05, 0.1) is 11.8 Å². The Kier molecular flexibility index (Phi) is 4.84. The first kappa shape index (κ1) is 14.8. The number of aliphatic hydroxyl groups excluding tert-OH is 1. The summed E-state index contributed by atoms with van der Waals surface area (Å²) in [5, 5.41) is 9.59. The molecular formula is C14H20BrNO3. The van der Waals surface area contributed by atoms with Crippen LogP contribution in [0.2, 0.25) is 0 Å². The molecule has 3 atom stereocenters. The maximum Gasteiger partial charge on any atom is 0.102 e. The van der Waals surface area contributed by atoms with E-state index in [1.807, 2.05) is 18.2 Å². The third kappa shape index (κ3) is 3.11. The molecule has 0 amide bonds. The summed E-state index contributed by atoms with van der Waals surface area (Å²) in [6.45, 7) is 3.38. The van der Waals surface area contributed by atoms with Gasteiger partial charge in [-0.1, -0.05) is 6.07 Å². The van der Waals surface area contributed by atoms with Gasteiger partial charge in [0, 0.05) is 31.8 Å². The number of nitrogens with zero attached hydrogens (tertiary/aromatic N) is 1. The van der Waals surface area contributed by atoms with Gasteiger partial charge in [0.2, 0.25) is 0 Å². The number of halogens is 1. The molecule has 19 heavy (non-hydrogen) atoms. The Morgan fingerprint density at radius 2 is 1.84 bits per heavy atom. The first-order valence-electron chi connectivity index (χ1n) is 6.35. The molecule has 5 heteroatoms. The summed E-state index contributed by atoms with van der Waals surface area (Å²) in [6, 6.07) is 5.94. The van der Waals surface area contributed by atoms with E-state index in [0.717, 1.165) is 28.8 Å². The lowest BCUT2D eigenvalue weighted by molar-refractivity contribution is -0.00461. The molecule has 1 saturated heterocycles. The molecule has 0 saturated carbocycles. The predicted octanol–water partition coefficient (Wildman–Crippen LogP) is 2.35. The number of hydrogen-bond acceptors (Lipinski definition) is 4. The lowest BCUT2D eigenvalue weighted by atomic mass is 10.1. The summed E-state index contributed by atoms with van der Waals surface area (Å²) < 4.78 is 11.9. The second-order valence-electron chi connectivity index (χ2n) is 4.84. The standard InChI is InChI=1S/C14H20BrNO3/c1-9(17)10-4-5-12(11(15)6-10)16-7-13(18-2)14(8-16)19-3/h4-6,9,13-14,17H,7-8H2,1-3H3/t9-,13?,14?/m1/s1. The largest absolute Gasteiger partial charge is 0.389 e. The fourth-order valence-electron chi connectivity index (χ4n) is 2.43. The summed E-state index contributed by atoms with van der Waals surface area (Å²) in [5.41, 5.74) is 2.01. The van der Waals surface area contributed by atoms with Crippen LogP contribution in [0.3, 0.4) is 0 Å². The molecule has 0 spiro atoms. The SMILES string of the molecule is COC1CN(c2ccc([C@@H](C)O)cc2Br)CC1OC. The van der Waals surface area contributed by atoms with Crippen molar-refractivity contribution in [3.05, 3.63) is 28.2 Å². The predicted molar refractivity (Wildman–Crippen MR) is 78.6 cm³/mol. The smallest absolute Gasteiger partial charge is 0.102 e. The van der Waals surface area contributed by atoms with Crippen LogP contribution in [0.5, 0.6) is 0 Å². The van der Waals surface area contributed by atoms with Gasteiger partial charge >= 0.3 is 0 Å². The van der Waals surface area contributed by atoms with Crippen molar-refractivity contribution in [2.75, 3.05) is 32.2 Å². The molecule has 2 unspecified atom stereocenters. The van der Waals surface area contributed by atoms with E-state index in [0.29, 0.717) is 0 Å². The second kappa shape index (κ2) is 6.22. The summed E-state index contributed by atoms with van der Waals surface area (Å²) in [6.07, 6.45) is -0.274. The van der Waals surface area contributed by atoms with Crippen LogP contribution < -0.4 is 4.90 Å². The zero-order valence-corrected chi connectivity index (χ0v) is 13.1. The maximum atomic E-state index is 9.59. The zero-order chi connectivity index (χ0) is 14.0. The van der Waals surface area contributed by atoms with Gasteiger partial charge in [-0.2, -0.15) is 0 Å². The Morgan fingerprint density at radius 3 is 2.26 bits per heavy atom. The normalized spacial score (nSPS) is 24.8. The molecule has 4 nitrogen and oxygen atoms in total. The highest BCUT2D eigenvalue weighted by atomic mass is 79.9. The van der Waals surface area contributed by atoms with E-state index >= 15 is 0 Å². The van der Waals surface area contributed by atoms with E-state index in [-0.39, 0.29) is 12.2 Å². The molecule has 1 heterocycles. The highest BCUT2D eigenvalue weighted by molar-refractivity contribution is 9.10. The first-order valence-corrected chi connectivity index (χ1v) is 7.14. The summed E-state index contributed by atoms with van der Waals surface area (Å²) >= 11 is 3.57. The number of hydrogen-bond donors (Lipinski definition) is 1. The lowest BCUT2D eigenvalue weighted by Gasteiger charge is -2.20. The van der Waals surface area contributed by atoms with Crippen LogP contribution in [0.4, 0.5) is 5.69 Å². The first-order chi connectivity index (χ1) is 9.06. The molecule has 0 bridgehead atoms. The van der Waals surface area contributed by atoms with Crippen molar-refractivity contribution in [2.45, 2.75) is 25.2 Å². The lowest BCUT2D eigenvalue weighted by Crippen LogP contribution is -2.27. The van der Waals surface area contributed by atoms with Gasteiger partial charge in [0.1, 0.15) is 12.2 Å². The van der Waals surface area contributed by atoms with Crippen molar-refractivity contribution in [1.29, 1.82) is 0 Å². The van der Waals surface area contributed by atoms with Crippen LogP contribution in [0.1, 0.15) is 18.6 Å². The monoisotopic (exact) mass is 329 g/mol. The number of aliphatic hydroxyl groups is 1. The molecule has 1 aromatic carbocycles. The fourth-order valence-corrected chi connectivity index (χ4v) is 3.08. The average molecular weight is 330 g/mol. The highest BCUT2D eigenvalue weighted by Gasteiger charge is 2.33. The van der Waals surface area contributed by atoms with Gasteiger partial charge in [-0.05, 0) is 40.5 Å². The van der Waals surface area contributed by atoms with Crippen LogP contribution >= 0.6 is 15.9 Å². The van der Waals surface area contributed by atoms with Crippen molar-refractivity contribution >= 4 is 21.6 Å². The topological polar surface area (TPSA) is 41.9 Å². The van der Waals surface area contributed by atoms with Crippen LogP contribution in [-0.2, 0) is 9.47 Å². The van der Waals surface area contributed by atoms with Crippen LogP contribution in [0, 0.1) is 0 Å². The van der Waals surface area contributed by atoms with Crippen molar-refractivity contribution in [1.82, 2.24) is 0 Å². The van der Waals surface area contributed by atoms with Crippen LogP contribution in [-0.4, -0.2) is 44.6 Å². The highest BCUT2D eigenvalue weighted by Crippen LogP contribution is 2.32. The molecule has 1 aliphatic rings. The Hall–Kier alpha value is -0.620. The van der Waals surface area contributed by atoms with E-state index in [1.54, 1.807) is 21.1 Å². The van der Waals surface area contributed by atoms with Crippen LogP contribution in [0.25, 0.3) is 0 Å². The molecule has 0 aliphatic carbocycles. The van der Waals surface area contributed by atoms with E-state index in [9.17, 15) is 5.11 Å². The number of anilines is 1. The van der Waals surface area contributed by atoms with Gasteiger partial charge < -0.3 is 19.5 Å². The number of ether oxygens (including phenoxy) is 2. The molecule has 1 aromatic rings. The molecule has 0 radical (unpaired) electrons. The summed E-state index contributed by atoms with van der Waals surface area (Å²) in [7, 11) is 3.43. The van der Waals surface area contributed by atoms with Gasteiger partial charge in [0.15, 0.2) is 0 Å². The minimum atomic E-state index is -0.456. The number of methoxy groups -OCH3 is 2. The van der Waals surface area contributed by atoms with Crippen molar-refractivity contribution in [2.24, 2.45) is 0 Å². The summed E-state index contributed by atoms with van der Waals surface area (Å²) in [5.74, 6) is 0. The Labute approximate surface area is 122 Å². The van der Waals surface area contributed by atoms with Gasteiger partial charge in [-0.15, -0.1) is 0 Å². The fraction of sp³-hybridized carbons (Fsp3) is 0.571. The van der Waals surface area contributed by atoms with E-state index in [1.165, 1.54) is 0 Å². The van der Waals surface area contributed by atoms with Gasteiger partial charge in [-0.3, -0.25) is 0 Å². The van der Waals surface area contributed by atoms with Crippen molar-refractivity contribution in [3.63, 3.8) is 0 Å². The molecular weight excluding hydrogens is 310 g/mol. The van der Waals surface area contributed by atoms with Gasteiger partial charge in [0.25, 0.3) is 0 Å². The van der Waals surface area contributed by atoms with Gasteiger partial charge in [-0.25, -0.2) is 0 Å². The Morgan fingerprint density at radius 1 is 1.26 bits per heavy atom. The van der Waals surface area contributed by atoms with Crippen molar-refractivity contribution in [3.8, 4) is 0 Å². The number of rotatable bonds is 4. The minimum absolute atomic E-state index is 0.0911. The zero-order valence-electron chi connectivity index (χ0n) is 11.5. The third-order valence-electron chi connectivity index (χ3n) is 3.62. The van der Waals surface area contributed by atoms with E-state index < -0.39 is 6.10 Å². The quantitative estimate of drug-likeness (QED) is 0.920. The Balaban J connectivity index is 2.19. The van der Waals surface area contributed by atoms with E-state index in [4.69, 9.17) is 9.47 Å². The molecule has 106 valence electrons. The molecule has 1 N–H and O–H groups in total. The molecule has 2 rings (SSSR count).